The highest BCUT2D eigenvalue weighted by atomic mass is 35.5. The van der Waals surface area contributed by atoms with E-state index in [4.69, 9.17) is 0 Å². The summed E-state index contributed by atoms with van der Waals surface area (Å²) in [6.45, 7) is 5.11. The van der Waals surface area contributed by atoms with E-state index < -0.39 is 0 Å². The average Bonchev–Trinajstić information content (AvgIpc) is 2.46. The molecule has 0 saturated carbocycles. The van der Waals surface area contributed by atoms with Crippen molar-refractivity contribution in [1.29, 1.82) is 0 Å². The Kier molecular flexibility index (Phi) is 5.43. The molecule has 0 unspecified atom stereocenters. The molecule has 1 aliphatic carbocycles. The van der Waals surface area contributed by atoms with Crippen LogP contribution in [0.3, 0.4) is 0 Å². The molecule has 1 heterocycles. The highest BCUT2D eigenvalue weighted by Gasteiger charge is 2.23. The highest BCUT2D eigenvalue weighted by Crippen LogP contribution is 2.32. The third-order valence-electron chi connectivity index (χ3n) is 4.30. The summed E-state index contributed by atoms with van der Waals surface area (Å²) >= 11 is 0. The molecule has 3 rings (SSSR count). The van der Waals surface area contributed by atoms with Crippen molar-refractivity contribution in [2.24, 2.45) is 0 Å². The van der Waals surface area contributed by atoms with Crippen LogP contribution in [-0.4, -0.2) is 36.5 Å². The molecule has 1 N–H and O–H groups in total. The predicted octanol–water partition coefficient (Wildman–Crippen LogP) is 2.95. The SMILES string of the molecule is CCC(=O)NC1CCN(CC2=Cc3ccccc32)CC1.Cl. The summed E-state index contributed by atoms with van der Waals surface area (Å²) in [5, 5.41) is 3.11. The Hall–Kier alpha value is -1.32. The summed E-state index contributed by atoms with van der Waals surface area (Å²) in [7, 11) is 0. The first kappa shape index (κ1) is 16.1. The van der Waals surface area contributed by atoms with Crippen LogP contribution in [0.5, 0.6) is 0 Å². The van der Waals surface area contributed by atoms with Crippen LogP contribution in [0.15, 0.2) is 24.3 Å². The fourth-order valence-electron chi connectivity index (χ4n) is 3.04. The molecule has 21 heavy (non-hydrogen) atoms. The molecular weight excluding hydrogens is 284 g/mol. The minimum Gasteiger partial charge on any atom is -0.353 e. The maximum Gasteiger partial charge on any atom is 0.219 e. The molecule has 0 spiro atoms. The number of amides is 1. The number of hydrogen-bond donors (Lipinski definition) is 1. The van der Waals surface area contributed by atoms with E-state index in [0.717, 1.165) is 32.5 Å². The Labute approximate surface area is 132 Å². The molecule has 1 fully saturated rings. The maximum absolute atomic E-state index is 11.4. The number of nitrogens with one attached hydrogen (secondary N) is 1. The number of rotatable bonds is 4. The zero-order valence-electron chi connectivity index (χ0n) is 12.5. The summed E-state index contributed by atoms with van der Waals surface area (Å²) < 4.78 is 0. The lowest BCUT2D eigenvalue weighted by Gasteiger charge is -2.34. The first-order valence-electron chi connectivity index (χ1n) is 7.58. The second-order valence-corrected chi connectivity index (χ2v) is 5.73. The van der Waals surface area contributed by atoms with Gasteiger partial charge in [0.15, 0.2) is 0 Å². The number of benzene rings is 1. The van der Waals surface area contributed by atoms with Crippen molar-refractivity contribution in [2.45, 2.75) is 32.2 Å². The number of piperidine rings is 1. The van der Waals surface area contributed by atoms with Gasteiger partial charge < -0.3 is 5.32 Å². The summed E-state index contributed by atoms with van der Waals surface area (Å²) in [6, 6.07) is 8.96. The summed E-state index contributed by atoms with van der Waals surface area (Å²) in [5.74, 6) is 0.180. The minimum atomic E-state index is 0. The molecule has 0 bridgehead atoms. The number of fused-ring (bicyclic) bond motifs is 1. The van der Waals surface area contributed by atoms with E-state index in [9.17, 15) is 4.79 Å². The van der Waals surface area contributed by atoms with Gasteiger partial charge in [-0.15, -0.1) is 12.4 Å². The summed E-state index contributed by atoms with van der Waals surface area (Å²) in [4.78, 5) is 13.9. The van der Waals surface area contributed by atoms with Gasteiger partial charge >= 0.3 is 0 Å². The molecule has 1 aromatic rings. The quantitative estimate of drug-likeness (QED) is 0.927. The predicted molar refractivity (Wildman–Crippen MR) is 89.5 cm³/mol. The molecule has 1 aromatic carbocycles. The fourth-order valence-corrected chi connectivity index (χ4v) is 3.04. The Morgan fingerprint density at radius 3 is 2.67 bits per heavy atom. The van der Waals surface area contributed by atoms with E-state index in [1.807, 2.05) is 6.92 Å². The monoisotopic (exact) mass is 306 g/mol. The van der Waals surface area contributed by atoms with E-state index in [1.165, 1.54) is 16.7 Å². The molecule has 3 nitrogen and oxygen atoms in total. The topological polar surface area (TPSA) is 32.3 Å². The molecule has 0 aromatic heterocycles. The minimum absolute atomic E-state index is 0. The summed E-state index contributed by atoms with van der Waals surface area (Å²) in [5.41, 5.74) is 4.23. The van der Waals surface area contributed by atoms with E-state index >= 15 is 0 Å². The van der Waals surface area contributed by atoms with Gasteiger partial charge in [-0.1, -0.05) is 31.2 Å². The third kappa shape index (κ3) is 3.66. The molecule has 4 heteroatoms. The first-order chi connectivity index (χ1) is 9.76. The van der Waals surface area contributed by atoms with Gasteiger partial charge in [0.25, 0.3) is 0 Å². The van der Waals surface area contributed by atoms with Crippen LogP contribution in [0.2, 0.25) is 0 Å². The van der Waals surface area contributed by atoms with Gasteiger partial charge in [0.05, 0.1) is 0 Å². The molecular formula is C17H23ClN2O. The van der Waals surface area contributed by atoms with Crippen molar-refractivity contribution >= 4 is 30.0 Å². The Morgan fingerprint density at radius 1 is 1.29 bits per heavy atom. The number of carbonyl (C=O) groups is 1. The van der Waals surface area contributed by atoms with Crippen LogP contribution in [0.25, 0.3) is 11.6 Å². The largest absolute Gasteiger partial charge is 0.353 e. The molecule has 0 radical (unpaired) electrons. The number of likely N-dealkylation sites (tertiary alicyclic amines) is 1. The fraction of sp³-hybridized carbons (Fsp3) is 0.471. The molecule has 2 aliphatic rings. The van der Waals surface area contributed by atoms with E-state index in [-0.39, 0.29) is 18.3 Å². The van der Waals surface area contributed by atoms with Crippen LogP contribution in [-0.2, 0) is 4.79 Å². The summed E-state index contributed by atoms with van der Waals surface area (Å²) in [6.07, 6.45) is 5.02. The third-order valence-corrected chi connectivity index (χ3v) is 4.30. The lowest BCUT2D eigenvalue weighted by Crippen LogP contribution is -2.45. The second-order valence-electron chi connectivity index (χ2n) is 5.73. The van der Waals surface area contributed by atoms with Gasteiger partial charge in [-0.05, 0) is 35.6 Å². The zero-order chi connectivity index (χ0) is 13.9. The van der Waals surface area contributed by atoms with Crippen LogP contribution < -0.4 is 5.32 Å². The molecule has 114 valence electrons. The number of hydrogen-bond acceptors (Lipinski definition) is 2. The van der Waals surface area contributed by atoms with Crippen molar-refractivity contribution in [3.05, 3.63) is 35.4 Å². The molecule has 1 amide bonds. The number of carbonyl (C=O) groups excluding carboxylic acids is 1. The van der Waals surface area contributed by atoms with E-state index in [2.05, 4.69) is 40.6 Å². The van der Waals surface area contributed by atoms with Crippen molar-refractivity contribution in [2.75, 3.05) is 19.6 Å². The molecule has 1 aliphatic heterocycles. The highest BCUT2D eigenvalue weighted by molar-refractivity contribution is 5.96. The molecule has 1 saturated heterocycles. The first-order valence-corrected chi connectivity index (χ1v) is 7.58. The van der Waals surface area contributed by atoms with Gasteiger partial charge in [-0.3, -0.25) is 9.69 Å². The van der Waals surface area contributed by atoms with Crippen molar-refractivity contribution in [3.63, 3.8) is 0 Å². The van der Waals surface area contributed by atoms with Crippen molar-refractivity contribution in [3.8, 4) is 0 Å². The van der Waals surface area contributed by atoms with Crippen LogP contribution in [0, 0.1) is 0 Å². The standard InChI is InChI=1S/C17H22N2O.ClH/c1-2-17(20)18-15-7-9-19(10-8-15)12-14-11-13-5-3-4-6-16(13)14;/h3-6,11,15H,2,7-10,12H2,1H3,(H,18,20);1H. The second kappa shape index (κ2) is 7.10. The van der Waals surface area contributed by atoms with Gasteiger partial charge in [0.1, 0.15) is 0 Å². The Balaban J connectivity index is 0.00000161. The smallest absolute Gasteiger partial charge is 0.219 e. The lowest BCUT2D eigenvalue weighted by molar-refractivity contribution is -0.121. The van der Waals surface area contributed by atoms with Crippen LogP contribution >= 0.6 is 12.4 Å². The van der Waals surface area contributed by atoms with Crippen LogP contribution in [0.4, 0.5) is 0 Å². The van der Waals surface area contributed by atoms with Gasteiger partial charge in [0.2, 0.25) is 5.91 Å². The Bertz CT molecular complexity index is 533. The van der Waals surface area contributed by atoms with Crippen molar-refractivity contribution in [1.82, 2.24) is 10.2 Å². The van der Waals surface area contributed by atoms with Gasteiger partial charge in [-0.2, -0.15) is 0 Å². The zero-order valence-corrected chi connectivity index (χ0v) is 13.3. The van der Waals surface area contributed by atoms with E-state index in [1.54, 1.807) is 0 Å². The van der Waals surface area contributed by atoms with Gasteiger partial charge in [-0.25, -0.2) is 0 Å². The van der Waals surface area contributed by atoms with Crippen LogP contribution in [0.1, 0.15) is 37.3 Å². The number of nitrogens with zero attached hydrogens (tertiary/aromatic N) is 1. The van der Waals surface area contributed by atoms with E-state index in [0.29, 0.717) is 12.5 Å². The lowest BCUT2D eigenvalue weighted by atomic mass is 9.88. The number of halogens is 1. The van der Waals surface area contributed by atoms with Crippen molar-refractivity contribution < 1.29 is 4.79 Å². The average molecular weight is 307 g/mol. The maximum atomic E-state index is 11.4. The van der Waals surface area contributed by atoms with Gasteiger partial charge in [0, 0.05) is 32.1 Å². The Morgan fingerprint density at radius 2 is 2.00 bits per heavy atom. The normalized spacial score (nSPS) is 18.0. The molecule has 0 atom stereocenters.